The molecular formula is C10H13N3O2S. The Morgan fingerprint density at radius 3 is 2.94 bits per heavy atom. The predicted octanol–water partition coefficient (Wildman–Crippen LogP) is 1.47. The summed E-state index contributed by atoms with van der Waals surface area (Å²) in [5.41, 5.74) is 6.64. The van der Waals surface area contributed by atoms with Crippen LogP contribution >= 0.6 is 11.3 Å². The van der Waals surface area contributed by atoms with Crippen LogP contribution in [0.4, 0.5) is 14.8 Å². The Kier molecular flexibility index (Phi) is 2.08. The molecule has 6 heteroatoms. The lowest BCUT2D eigenvalue weighted by atomic mass is 9.83. The molecule has 0 aromatic carbocycles. The highest BCUT2D eigenvalue weighted by Crippen LogP contribution is 2.44. The van der Waals surface area contributed by atoms with E-state index in [4.69, 9.17) is 10.5 Å². The third kappa shape index (κ3) is 1.37. The summed E-state index contributed by atoms with van der Waals surface area (Å²) in [5, 5.41) is 7.44. The molecule has 0 saturated carbocycles. The molecule has 0 atom stereocenters. The number of nitrogens with one attached hydrogen (secondary N) is 2. The van der Waals surface area contributed by atoms with E-state index in [1.807, 2.05) is 6.07 Å². The van der Waals surface area contributed by atoms with Crippen molar-refractivity contribution in [1.82, 2.24) is 5.32 Å². The fraction of sp³-hybridized carbons (Fsp3) is 0.500. The highest BCUT2D eigenvalue weighted by atomic mass is 32.1. The van der Waals surface area contributed by atoms with Gasteiger partial charge in [0.25, 0.3) is 0 Å². The zero-order valence-electron chi connectivity index (χ0n) is 8.71. The van der Waals surface area contributed by atoms with E-state index in [9.17, 15) is 4.79 Å². The van der Waals surface area contributed by atoms with Crippen LogP contribution in [0, 0.1) is 0 Å². The molecular weight excluding hydrogens is 226 g/mol. The van der Waals surface area contributed by atoms with Gasteiger partial charge < -0.3 is 15.8 Å². The molecule has 5 nitrogen and oxygen atoms in total. The maximum atomic E-state index is 11.6. The van der Waals surface area contributed by atoms with Gasteiger partial charge in [0.2, 0.25) is 0 Å². The van der Waals surface area contributed by atoms with Crippen LogP contribution in [0.1, 0.15) is 18.4 Å². The van der Waals surface area contributed by atoms with Gasteiger partial charge in [0.05, 0.1) is 10.5 Å². The number of thiophene rings is 1. The summed E-state index contributed by atoms with van der Waals surface area (Å²) < 4.78 is 5.35. The van der Waals surface area contributed by atoms with E-state index in [0.29, 0.717) is 13.2 Å². The summed E-state index contributed by atoms with van der Waals surface area (Å²) in [6, 6.07) is 1.81. The molecule has 0 unspecified atom stereocenters. The number of nitrogens with two attached hydrogens (primary N) is 1. The highest BCUT2D eigenvalue weighted by Gasteiger charge is 2.42. The van der Waals surface area contributed by atoms with Gasteiger partial charge in [-0.15, -0.1) is 11.3 Å². The standard InChI is InChI=1S/C10H13N3O2S/c11-7-5-6-8(16-7)12-9(14)13-10(6)1-3-15-4-2-10/h5H,1-4,11H2,(H2,12,13,14). The van der Waals surface area contributed by atoms with Gasteiger partial charge in [-0.25, -0.2) is 4.79 Å². The van der Waals surface area contributed by atoms with Gasteiger partial charge >= 0.3 is 6.03 Å². The average Bonchev–Trinajstić information content (AvgIpc) is 2.60. The van der Waals surface area contributed by atoms with Crippen LogP contribution in [-0.2, 0) is 10.3 Å². The number of carbonyl (C=O) groups is 1. The number of rotatable bonds is 0. The Bertz CT molecular complexity index is 437. The minimum Gasteiger partial charge on any atom is -0.391 e. The highest BCUT2D eigenvalue weighted by molar-refractivity contribution is 7.20. The van der Waals surface area contributed by atoms with Crippen molar-refractivity contribution >= 4 is 27.4 Å². The minimum absolute atomic E-state index is 0.142. The maximum absolute atomic E-state index is 11.6. The van der Waals surface area contributed by atoms with Crippen LogP contribution < -0.4 is 16.4 Å². The molecule has 1 saturated heterocycles. The van der Waals surface area contributed by atoms with E-state index in [0.717, 1.165) is 28.4 Å². The van der Waals surface area contributed by atoms with Crippen LogP contribution in [0.3, 0.4) is 0 Å². The smallest absolute Gasteiger partial charge is 0.320 e. The van der Waals surface area contributed by atoms with E-state index >= 15 is 0 Å². The Morgan fingerprint density at radius 2 is 2.19 bits per heavy atom. The van der Waals surface area contributed by atoms with Gasteiger partial charge in [0.1, 0.15) is 5.00 Å². The van der Waals surface area contributed by atoms with Crippen LogP contribution in [0.15, 0.2) is 6.07 Å². The van der Waals surface area contributed by atoms with Crippen LogP contribution in [0.2, 0.25) is 0 Å². The number of fused-ring (bicyclic) bond motifs is 2. The molecule has 2 amide bonds. The average molecular weight is 239 g/mol. The van der Waals surface area contributed by atoms with Gasteiger partial charge in [-0.1, -0.05) is 0 Å². The second kappa shape index (κ2) is 3.36. The van der Waals surface area contributed by atoms with Crippen molar-refractivity contribution < 1.29 is 9.53 Å². The zero-order chi connectivity index (χ0) is 11.2. The largest absolute Gasteiger partial charge is 0.391 e. The maximum Gasteiger partial charge on any atom is 0.320 e. The second-order valence-electron chi connectivity index (χ2n) is 4.17. The van der Waals surface area contributed by atoms with E-state index < -0.39 is 0 Å². The van der Waals surface area contributed by atoms with Crippen molar-refractivity contribution in [2.75, 3.05) is 24.3 Å². The van der Waals surface area contributed by atoms with Crippen molar-refractivity contribution in [2.24, 2.45) is 0 Å². The number of carbonyl (C=O) groups excluding carboxylic acids is 1. The first-order chi connectivity index (χ1) is 7.70. The van der Waals surface area contributed by atoms with Crippen LogP contribution in [0.25, 0.3) is 0 Å². The van der Waals surface area contributed by atoms with Gasteiger partial charge in [-0.05, 0) is 18.9 Å². The van der Waals surface area contributed by atoms with E-state index in [2.05, 4.69) is 10.6 Å². The fourth-order valence-electron chi connectivity index (χ4n) is 2.39. The van der Waals surface area contributed by atoms with Crippen molar-refractivity contribution in [2.45, 2.75) is 18.4 Å². The first-order valence-electron chi connectivity index (χ1n) is 5.26. The number of urea groups is 1. The first kappa shape index (κ1) is 9.92. The molecule has 1 fully saturated rings. The first-order valence-corrected chi connectivity index (χ1v) is 6.08. The molecule has 2 aliphatic rings. The lowest BCUT2D eigenvalue weighted by Gasteiger charge is -2.40. The summed E-state index contributed by atoms with van der Waals surface area (Å²) in [6.07, 6.45) is 1.62. The number of hydrogen-bond acceptors (Lipinski definition) is 4. The van der Waals surface area contributed by atoms with Gasteiger partial charge in [0.15, 0.2) is 0 Å². The van der Waals surface area contributed by atoms with Crippen molar-refractivity contribution in [3.8, 4) is 0 Å². The van der Waals surface area contributed by atoms with E-state index in [1.54, 1.807) is 0 Å². The normalized spacial score (nSPS) is 22.4. The number of hydrogen-bond donors (Lipinski definition) is 3. The topological polar surface area (TPSA) is 76.4 Å². The molecule has 0 radical (unpaired) electrons. The second-order valence-corrected chi connectivity index (χ2v) is 5.25. The Hall–Kier alpha value is -1.27. The minimum atomic E-state index is -0.274. The van der Waals surface area contributed by atoms with Gasteiger partial charge in [0, 0.05) is 18.8 Å². The summed E-state index contributed by atoms with van der Waals surface area (Å²) in [7, 11) is 0. The molecule has 3 heterocycles. The molecule has 4 N–H and O–H groups in total. The molecule has 1 aromatic rings. The fourth-order valence-corrected chi connectivity index (χ4v) is 3.31. The molecule has 3 rings (SSSR count). The van der Waals surface area contributed by atoms with E-state index in [1.165, 1.54) is 11.3 Å². The molecule has 0 aliphatic carbocycles. The van der Waals surface area contributed by atoms with Crippen LogP contribution in [-0.4, -0.2) is 19.2 Å². The number of nitrogen functional groups attached to an aromatic ring is 1. The number of amides is 2. The molecule has 1 spiro atoms. The van der Waals surface area contributed by atoms with Crippen molar-refractivity contribution in [3.05, 3.63) is 11.6 Å². The Balaban J connectivity index is 2.08. The summed E-state index contributed by atoms with van der Waals surface area (Å²) >= 11 is 1.43. The number of anilines is 2. The monoisotopic (exact) mass is 239 g/mol. The van der Waals surface area contributed by atoms with Crippen molar-refractivity contribution in [3.63, 3.8) is 0 Å². The summed E-state index contributed by atoms with van der Waals surface area (Å²) in [4.78, 5) is 11.6. The summed E-state index contributed by atoms with van der Waals surface area (Å²) in [6.45, 7) is 1.35. The quantitative estimate of drug-likeness (QED) is 0.641. The zero-order valence-corrected chi connectivity index (χ0v) is 9.52. The summed E-state index contributed by atoms with van der Waals surface area (Å²) in [5.74, 6) is 0. The van der Waals surface area contributed by atoms with Crippen molar-refractivity contribution in [1.29, 1.82) is 0 Å². The third-order valence-corrected chi connectivity index (χ3v) is 4.07. The van der Waals surface area contributed by atoms with E-state index in [-0.39, 0.29) is 11.6 Å². The lowest BCUT2D eigenvalue weighted by molar-refractivity contribution is 0.0412. The molecule has 16 heavy (non-hydrogen) atoms. The van der Waals surface area contributed by atoms with Crippen LogP contribution in [0.5, 0.6) is 0 Å². The molecule has 86 valence electrons. The Labute approximate surface area is 97.0 Å². The van der Waals surface area contributed by atoms with Gasteiger partial charge in [-0.3, -0.25) is 5.32 Å². The lowest BCUT2D eigenvalue weighted by Crippen LogP contribution is -2.53. The number of ether oxygens (including phenoxy) is 1. The third-order valence-electron chi connectivity index (χ3n) is 3.19. The Morgan fingerprint density at radius 1 is 1.44 bits per heavy atom. The predicted molar refractivity (Wildman–Crippen MR) is 62.6 cm³/mol. The molecule has 1 aromatic heterocycles. The SMILES string of the molecule is Nc1cc2c(s1)NC(=O)NC21CCOCC1. The molecule has 0 bridgehead atoms. The van der Waals surface area contributed by atoms with Gasteiger partial charge in [-0.2, -0.15) is 0 Å². The molecule has 2 aliphatic heterocycles.